The van der Waals surface area contributed by atoms with Gasteiger partial charge in [-0.15, -0.1) is 136 Å². The molecule has 12 heteroatoms. The van der Waals surface area contributed by atoms with E-state index in [1.807, 2.05) is 113 Å². The molecule has 722 valence electrons. The van der Waals surface area contributed by atoms with Gasteiger partial charge in [0.05, 0.1) is 4.88 Å². The van der Waals surface area contributed by atoms with E-state index in [-0.39, 0.29) is 0 Å². The van der Waals surface area contributed by atoms with Crippen molar-refractivity contribution in [3.8, 4) is 114 Å². The molecular formula is C120H170S12. The van der Waals surface area contributed by atoms with E-state index in [9.17, 15) is 0 Å². The Bertz CT molecular complexity index is 4660. The van der Waals surface area contributed by atoms with E-state index in [0.717, 1.165) is 0 Å². The molecule has 0 N–H and O–H groups in total. The van der Waals surface area contributed by atoms with Crippen LogP contribution in [0.1, 0.15) is 459 Å². The first-order valence-corrected chi connectivity index (χ1v) is 65.0. The van der Waals surface area contributed by atoms with E-state index in [2.05, 4.69) is 179 Å². The standard InChI is InChI=1S/C120H170S12/c1-7-13-19-25-31-37-43-49-55-61-67-93-95(69-63-57-51-45-39-33-27-21-15-9-3)118(131-107(93)71-65-59-53-47-41-35-29-23-17-11-5)105-81-91-128-116(105)103-79-89-126-114(103)101-77-87-124-112(101)99-75-85-122-110(99)97-73-83-121-109(97)98-74-84-123-111(98)100-76-86-125-113(100)102-78-88-127-115(102)104-80-90-129-117(104)106-82-92-130-119(106)120-96(70-64-58-52-46-40-34-28-22-16-10-4)94(68-62-56-50-44-38-32-26-20-14-8-2)108(132-120)72-66-60-54-48-42-36-30-24-18-12-6/h73-92H,7-72H2,1-6H3. The minimum absolute atomic E-state index is 1.22. The molecule has 0 amide bonds. The summed E-state index contributed by atoms with van der Waals surface area (Å²) < 4.78 is 0. The number of hydrogen-bond donors (Lipinski definition) is 0. The lowest BCUT2D eigenvalue weighted by atomic mass is 9.93. The van der Waals surface area contributed by atoms with E-state index in [0.29, 0.717) is 0 Å². The van der Waals surface area contributed by atoms with Crippen molar-refractivity contribution >= 4 is 136 Å². The highest BCUT2D eigenvalue weighted by Gasteiger charge is 2.30. The summed E-state index contributed by atoms with van der Waals surface area (Å²) in [4.78, 5) is 20.9. The molecular weight excluding hydrogens is 1830 g/mol. The van der Waals surface area contributed by atoms with Crippen molar-refractivity contribution in [3.63, 3.8) is 0 Å². The topological polar surface area (TPSA) is 0 Å². The largest absolute Gasteiger partial charge is 0.143 e. The summed E-state index contributed by atoms with van der Waals surface area (Å²) >= 11 is 24.1. The van der Waals surface area contributed by atoms with Gasteiger partial charge in [0.15, 0.2) is 0 Å². The molecule has 0 atom stereocenters. The number of hydrogen-bond acceptors (Lipinski definition) is 12. The Morgan fingerprint density at radius 2 is 0.265 bits per heavy atom. The van der Waals surface area contributed by atoms with Gasteiger partial charge in [-0.05, 0) is 214 Å². The van der Waals surface area contributed by atoms with Crippen molar-refractivity contribution in [2.75, 3.05) is 0 Å². The molecule has 12 heterocycles. The van der Waals surface area contributed by atoms with Crippen molar-refractivity contribution in [1.29, 1.82) is 0 Å². The quantitative estimate of drug-likeness (QED) is 0.0333. The lowest BCUT2D eigenvalue weighted by Gasteiger charge is -2.12. The lowest BCUT2D eigenvalue weighted by Crippen LogP contribution is -1.98. The van der Waals surface area contributed by atoms with Crippen LogP contribution in [0.25, 0.3) is 114 Å². The van der Waals surface area contributed by atoms with Crippen LogP contribution in [0.5, 0.6) is 0 Å². The molecule has 0 aliphatic carbocycles. The van der Waals surface area contributed by atoms with Gasteiger partial charge in [0, 0.05) is 119 Å². The number of unbranched alkanes of at least 4 members (excludes halogenated alkanes) is 54. The van der Waals surface area contributed by atoms with Gasteiger partial charge in [-0.25, -0.2) is 0 Å². The third-order valence-corrected chi connectivity index (χ3v) is 40.7. The van der Waals surface area contributed by atoms with Gasteiger partial charge in [0.25, 0.3) is 0 Å². The first-order valence-electron chi connectivity index (χ1n) is 54.5. The average molecular weight is 2000 g/mol. The van der Waals surface area contributed by atoms with E-state index < -0.39 is 0 Å². The maximum Gasteiger partial charge on any atom is 0.0532 e. The Balaban J connectivity index is 0.796. The summed E-state index contributed by atoms with van der Waals surface area (Å²) in [6, 6.07) is 24.7. The number of aryl methyl sites for hydroxylation is 2. The molecule has 0 unspecified atom stereocenters. The van der Waals surface area contributed by atoms with Gasteiger partial charge in [-0.2, -0.15) is 0 Å². The van der Waals surface area contributed by atoms with Crippen molar-refractivity contribution < 1.29 is 0 Å². The predicted molar refractivity (Wildman–Crippen MR) is 614 cm³/mol. The first-order chi connectivity index (χ1) is 65.5. The fourth-order valence-electron chi connectivity index (χ4n) is 20.7. The Morgan fingerprint density at radius 1 is 0.129 bits per heavy atom. The third kappa shape index (κ3) is 33.3. The van der Waals surface area contributed by atoms with Crippen molar-refractivity contribution in [1.82, 2.24) is 0 Å². The van der Waals surface area contributed by atoms with E-state index in [1.54, 1.807) is 41.8 Å². The van der Waals surface area contributed by atoms with Crippen LogP contribution >= 0.6 is 136 Å². The van der Waals surface area contributed by atoms with E-state index in [1.165, 1.54) is 528 Å². The Morgan fingerprint density at radius 3 is 0.462 bits per heavy atom. The monoisotopic (exact) mass is 1990 g/mol. The van der Waals surface area contributed by atoms with Crippen molar-refractivity contribution in [2.45, 2.75) is 465 Å². The molecule has 0 saturated heterocycles. The maximum absolute atomic E-state index is 2.55. The van der Waals surface area contributed by atoms with Crippen LogP contribution in [0.3, 0.4) is 0 Å². The zero-order chi connectivity index (χ0) is 91.5. The number of thiophene rings is 12. The second-order valence-corrected chi connectivity index (χ2v) is 50.2. The van der Waals surface area contributed by atoms with Crippen LogP contribution in [0.4, 0.5) is 0 Å². The molecule has 0 radical (unpaired) electrons. The molecule has 0 spiro atoms. The van der Waals surface area contributed by atoms with Crippen LogP contribution < -0.4 is 0 Å². The minimum Gasteiger partial charge on any atom is -0.143 e. The van der Waals surface area contributed by atoms with Gasteiger partial charge in [-0.3, -0.25) is 0 Å². The molecule has 12 aromatic rings. The number of rotatable bonds is 77. The summed E-state index contributed by atoms with van der Waals surface area (Å²) in [5.41, 5.74) is 21.1. The van der Waals surface area contributed by atoms with Crippen LogP contribution in [0.2, 0.25) is 0 Å². The lowest BCUT2D eigenvalue weighted by molar-refractivity contribution is 0.552. The summed E-state index contributed by atoms with van der Waals surface area (Å²) in [7, 11) is 0. The normalized spacial score (nSPS) is 11.9. The molecule has 0 saturated carbocycles. The molecule has 0 aliphatic rings. The highest BCUT2D eigenvalue weighted by molar-refractivity contribution is 7.24. The van der Waals surface area contributed by atoms with Crippen LogP contribution in [-0.4, -0.2) is 0 Å². The summed E-state index contributed by atoms with van der Waals surface area (Å²) in [6.07, 6.45) is 90.8. The molecule has 0 fully saturated rings. The van der Waals surface area contributed by atoms with E-state index >= 15 is 0 Å². The molecule has 0 bridgehead atoms. The molecule has 0 aromatic carbocycles. The molecule has 0 nitrogen and oxygen atoms in total. The minimum atomic E-state index is 1.22. The van der Waals surface area contributed by atoms with Gasteiger partial charge >= 0.3 is 0 Å². The maximum atomic E-state index is 2.55. The predicted octanol–water partition coefficient (Wildman–Crippen LogP) is 47.5. The molecule has 0 aliphatic heterocycles. The highest BCUT2D eigenvalue weighted by Crippen LogP contribution is 2.58. The van der Waals surface area contributed by atoms with Gasteiger partial charge in [0.2, 0.25) is 0 Å². The van der Waals surface area contributed by atoms with Gasteiger partial charge in [0.1, 0.15) is 0 Å². The van der Waals surface area contributed by atoms with Gasteiger partial charge in [-0.1, -0.05) is 388 Å². The fraction of sp³-hybridized carbons (Fsp3) is 0.600. The molecule has 12 rings (SSSR count). The van der Waals surface area contributed by atoms with Crippen molar-refractivity contribution in [2.24, 2.45) is 0 Å². The Hall–Kier alpha value is -3.60. The average Bonchev–Trinajstić information content (AvgIpc) is 1.65. The summed E-state index contributed by atoms with van der Waals surface area (Å²) in [6.45, 7) is 14.1. The van der Waals surface area contributed by atoms with Crippen LogP contribution in [-0.2, 0) is 38.5 Å². The molecule has 12 aromatic heterocycles. The van der Waals surface area contributed by atoms with Crippen molar-refractivity contribution in [3.05, 3.63) is 146 Å². The Labute approximate surface area is 853 Å². The molecule has 132 heavy (non-hydrogen) atoms. The van der Waals surface area contributed by atoms with Crippen LogP contribution in [0.15, 0.2) is 114 Å². The zero-order valence-electron chi connectivity index (χ0n) is 83.1. The summed E-state index contributed by atoms with van der Waals surface area (Å²) in [5, 5.41) is 24.0. The zero-order valence-corrected chi connectivity index (χ0v) is 92.9. The van der Waals surface area contributed by atoms with E-state index in [4.69, 9.17) is 0 Å². The van der Waals surface area contributed by atoms with Gasteiger partial charge < -0.3 is 0 Å². The SMILES string of the molecule is CCCCCCCCCCCCc1sc(-c2ccsc2-c2ccsc2-c2ccsc2-c2ccsc2-c2ccsc2-c2ccsc2-c2ccsc2-c2ccsc2-c2ccsc2-c2ccsc2-c2sc(CCCCCCCCCCCC)c(CCCCCCCCCCCC)c2CCCCCCCCCCCC)c(CCCCCCCCCCCC)c1CCCCCCCCCCCC. The second kappa shape index (κ2) is 64.0. The smallest absolute Gasteiger partial charge is 0.0532 e. The summed E-state index contributed by atoms with van der Waals surface area (Å²) in [5.74, 6) is 0. The second-order valence-electron chi connectivity index (χ2n) is 38.8. The fourth-order valence-corrected chi connectivity index (χ4v) is 33.7. The Kier molecular flexibility index (Phi) is 52.0. The highest BCUT2D eigenvalue weighted by atomic mass is 32.1. The van der Waals surface area contributed by atoms with Crippen LogP contribution in [0, 0.1) is 0 Å². The third-order valence-electron chi connectivity index (χ3n) is 28.3. The first kappa shape index (κ1) is 107.